The van der Waals surface area contributed by atoms with Crippen molar-refractivity contribution in [1.82, 2.24) is 9.97 Å². The molecule has 3 aromatic rings. The van der Waals surface area contributed by atoms with Crippen LogP contribution in [0.3, 0.4) is 0 Å². The smallest absolute Gasteiger partial charge is 0.225 e. The lowest BCUT2D eigenvalue weighted by molar-refractivity contribution is 0.391. The minimum Gasteiger partial charge on any atom is -0.508 e. The van der Waals surface area contributed by atoms with E-state index in [1.807, 2.05) is 30.1 Å². The van der Waals surface area contributed by atoms with Gasteiger partial charge >= 0.3 is 0 Å². The van der Waals surface area contributed by atoms with Crippen LogP contribution < -0.4 is 14.4 Å². The Bertz CT molecular complexity index is 867. The Morgan fingerprint density at radius 1 is 1.08 bits per heavy atom. The number of nitrogens with zero attached hydrogens (tertiary/aromatic N) is 3. The van der Waals surface area contributed by atoms with Gasteiger partial charge < -0.3 is 19.5 Å². The summed E-state index contributed by atoms with van der Waals surface area (Å²) in [6.45, 7) is 0.581. The highest BCUT2D eigenvalue weighted by Crippen LogP contribution is 2.27. The van der Waals surface area contributed by atoms with E-state index in [-0.39, 0.29) is 5.75 Å². The minimum absolute atomic E-state index is 0.187. The number of rotatable bonds is 5. The molecule has 1 N–H and O–H groups in total. The third-order valence-corrected chi connectivity index (χ3v) is 3.80. The number of hydrogen-bond acceptors (Lipinski definition) is 6. The van der Waals surface area contributed by atoms with Gasteiger partial charge in [0, 0.05) is 42.9 Å². The lowest BCUT2D eigenvalue weighted by atomic mass is 10.2. The van der Waals surface area contributed by atoms with E-state index < -0.39 is 0 Å². The maximum atomic E-state index is 9.61. The van der Waals surface area contributed by atoms with E-state index in [0.717, 1.165) is 22.4 Å². The van der Waals surface area contributed by atoms with Gasteiger partial charge in [-0.05, 0) is 24.3 Å². The highest BCUT2D eigenvalue weighted by molar-refractivity contribution is 5.80. The second kappa shape index (κ2) is 6.62. The molecule has 0 aliphatic rings. The molecule has 3 rings (SSSR count). The predicted molar refractivity (Wildman–Crippen MR) is 92.9 cm³/mol. The standard InChI is InChI=1S/C18H19N3O3/c1-21(11-13-5-7-15(23-2)9-17(13)24-3)18-19-10-12-4-6-14(22)8-16(12)20-18/h4-10,22H,11H2,1-3H3. The molecular weight excluding hydrogens is 306 g/mol. The van der Waals surface area contributed by atoms with Crippen LogP contribution in [-0.4, -0.2) is 36.3 Å². The molecule has 0 aliphatic carbocycles. The first-order valence-electron chi connectivity index (χ1n) is 7.48. The summed E-state index contributed by atoms with van der Waals surface area (Å²) in [6.07, 6.45) is 1.75. The molecule has 0 radical (unpaired) electrons. The summed E-state index contributed by atoms with van der Waals surface area (Å²) >= 11 is 0. The molecule has 1 aromatic heterocycles. The number of methoxy groups -OCH3 is 2. The van der Waals surface area contributed by atoms with E-state index in [4.69, 9.17) is 9.47 Å². The molecule has 24 heavy (non-hydrogen) atoms. The summed E-state index contributed by atoms with van der Waals surface area (Å²) in [6, 6.07) is 10.7. The predicted octanol–water partition coefficient (Wildman–Crippen LogP) is 2.99. The molecule has 0 spiro atoms. The molecule has 0 bridgehead atoms. The van der Waals surface area contributed by atoms with Crippen LogP contribution in [0.4, 0.5) is 5.95 Å². The molecule has 124 valence electrons. The fourth-order valence-corrected chi connectivity index (χ4v) is 2.49. The van der Waals surface area contributed by atoms with Crippen LogP contribution >= 0.6 is 0 Å². The molecule has 0 fully saturated rings. The number of phenolic OH excluding ortho intramolecular Hbond substituents is 1. The summed E-state index contributed by atoms with van der Waals surface area (Å²) in [7, 11) is 5.17. The van der Waals surface area contributed by atoms with E-state index in [0.29, 0.717) is 18.0 Å². The number of anilines is 1. The second-order valence-corrected chi connectivity index (χ2v) is 5.45. The maximum absolute atomic E-state index is 9.61. The molecule has 0 aliphatic heterocycles. The van der Waals surface area contributed by atoms with Crippen molar-refractivity contribution in [2.45, 2.75) is 6.54 Å². The Hall–Kier alpha value is -3.02. The Morgan fingerprint density at radius 3 is 2.67 bits per heavy atom. The maximum Gasteiger partial charge on any atom is 0.225 e. The van der Waals surface area contributed by atoms with Gasteiger partial charge in [-0.2, -0.15) is 0 Å². The molecule has 6 heteroatoms. The van der Waals surface area contributed by atoms with Gasteiger partial charge in [-0.3, -0.25) is 0 Å². The van der Waals surface area contributed by atoms with Crippen LogP contribution in [0.5, 0.6) is 17.2 Å². The first-order chi connectivity index (χ1) is 11.6. The van der Waals surface area contributed by atoms with Crippen molar-refractivity contribution < 1.29 is 14.6 Å². The van der Waals surface area contributed by atoms with E-state index in [2.05, 4.69) is 9.97 Å². The van der Waals surface area contributed by atoms with Crippen LogP contribution in [0.1, 0.15) is 5.56 Å². The summed E-state index contributed by atoms with van der Waals surface area (Å²) < 4.78 is 10.6. The number of benzene rings is 2. The van der Waals surface area contributed by atoms with Crippen LogP contribution in [0, 0.1) is 0 Å². The Labute approximate surface area is 140 Å². The summed E-state index contributed by atoms with van der Waals surface area (Å²) in [5.41, 5.74) is 1.70. The second-order valence-electron chi connectivity index (χ2n) is 5.45. The van der Waals surface area contributed by atoms with Crippen LogP contribution in [0.25, 0.3) is 10.9 Å². The number of phenols is 1. The molecule has 0 unspecified atom stereocenters. The Balaban J connectivity index is 1.88. The van der Waals surface area contributed by atoms with Gasteiger partial charge in [0.1, 0.15) is 17.2 Å². The van der Waals surface area contributed by atoms with Crippen molar-refractivity contribution in [1.29, 1.82) is 0 Å². The summed E-state index contributed by atoms with van der Waals surface area (Å²) in [4.78, 5) is 10.8. The zero-order chi connectivity index (χ0) is 17.1. The third-order valence-electron chi connectivity index (χ3n) is 3.80. The van der Waals surface area contributed by atoms with E-state index in [9.17, 15) is 5.11 Å². The fourth-order valence-electron chi connectivity index (χ4n) is 2.49. The van der Waals surface area contributed by atoms with Gasteiger partial charge in [-0.25, -0.2) is 9.97 Å². The number of aromatic hydroxyl groups is 1. The highest BCUT2D eigenvalue weighted by Gasteiger charge is 2.11. The molecule has 0 saturated heterocycles. The quantitative estimate of drug-likeness (QED) is 0.778. The normalized spacial score (nSPS) is 10.6. The average Bonchev–Trinajstić information content (AvgIpc) is 2.61. The zero-order valence-electron chi connectivity index (χ0n) is 13.9. The van der Waals surface area contributed by atoms with Gasteiger partial charge in [0.2, 0.25) is 5.95 Å². The van der Waals surface area contributed by atoms with E-state index >= 15 is 0 Å². The molecule has 6 nitrogen and oxygen atoms in total. The monoisotopic (exact) mass is 325 g/mol. The lowest BCUT2D eigenvalue weighted by Crippen LogP contribution is -2.19. The van der Waals surface area contributed by atoms with Crippen molar-refractivity contribution in [3.05, 3.63) is 48.2 Å². The largest absolute Gasteiger partial charge is 0.508 e. The lowest BCUT2D eigenvalue weighted by Gasteiger charge is -2.19. The molecule has 2 aromatic carbocycles. The van der Waals surface area contributed by atoms with Crippen LogP contribution in [-0.2, 0) is 6.54 Å². The fraction of sp³-hybridized carbons (Fsp3) is 0.222. The summed E-state index contributed by atoms with van der Waals surface area (Å²) in [5.74, 6) is 2.26. The number of hydrogen-bond donors (Lipinski definition) is 1. The number of ether oxygens (including phenoxy) is 2. The van der Waals surface area contributed by atoms with E-state index in [1.165, 1.54) is 0 Å². The van der Waals surface area contributed by atoms with Crippen LogP contribution in [0.2, 0.25) is 0 Å². The number of fused-ring (bicyclic) bond motifs is 1. The van der Waals surface area contributed by atoms with E-state index in [1.54, 1.807) is 38.6 Å². The van der Waals surface area contributed by atoms with Gasteiger partial charge in [0.25, 0.3) is 0 Å². The minimum atomic E-state index is 0.187. The van der Waals surface area contributed by atoms with Crippen molar-refractivity contribution in [3.8, 4) is 17.2 Å². The highest BCUT2D eigenvalue weighted by atomic mass is 16.5. The Kier molecular flexibility index (Phi) is 4.37. The SMILES string of the molecule is COc1ccc(CN(C)c2ncc3ccc(O)cc3n2)c(OC)c1. The molecule has 1 heterocycles. The van der Waals surface area contributed by atoms with Crippen molar-refractivity contribution >= 4 is 16.9 Å². The van der Waals surface area contributed by atoms with Gasteiger partial charge in [-0.1, -0.05) is 0 Å². The van der Waals surface area contributed by atoms with Crippen molar-refractivity contribution in [3.63, 3.8) is 0 Å². The molecule has 0 saturated carbocycles. The van der Waals surface area contributed by atoms with Gasteiger partial charge in [0.15, 0.2) is 0 Å². The summed E-state index contributed by atoms with van der Waals surface area (Å²) in [5, 5.41) is 10.5. The van der Waals surface area contributed by atoms with Crippen molar-refractivity contribution in [2.24, 2.45) is 0 Å². The average molecular weight is 325 g/mol. The van der Waals surface area contributed by atoms with Crippen molar-refractivity contribution in [2.75, 3.05) is 26.2 Å². The van der Waals surface area contributed by atoms with Gasteiger partial charge in [0.05, 0.1) is 19.7 Å². The third kappa shape index (κ3) is 3.17. The molecule has 0 amide bonds. The van der Waals surface area contributed by atoms with Crippen LogP contribution in [0.15, 0.2) is 42.6 Å². The molecular formula is C18H19N3O3. The van der Waals surface area contributed by atoms with Gasteiger partial charge in [-0.15, -0.1) is 0 Å². The Morgan fingerprint density at radius 2 is 1.92 bits per heavy atom. The first-order valence-corrected chi connectivity index (χ1v) is 7.48. The zero-order valence-corrected chi connectivity index (χ0v) is 13.9. The number of aromatic nitrogens is 2. The molecule has 0 atom stereocenters. The topological polar surface area (TPSA) is 67.7 Å². The first kappa shape index (κ1) is 15.9.